The van der Waals surface area contributed by atoms with Crippen LogP contribution in [0.15, 0.2) is 50.1 Å². The SMILES string of the molecule is COc1ccc(Br)cc1C(=O)Nc1ccc2c(c1)oc(=O)n2C. The molecule has 118 valence electrons. The van der Waals surface area contributed by atoms with E-state index in [-0.39, 0.29) is 5.91 Å². The van der Waals surface area contributed by atoms with E-state index in [9.17, 15) is 9.59 Å². The highest BCUT2D eigenvalue weighted by atomic mass is 79.9. The van der Waals surface area contributed by atoms with Gasteiger partial charge < -0.3 is 14.5 Å². The number of rotatable bonds is 3. The van der Waals surface area contributed by atoms with Gasteiger partial charge in [0, 0.05) is 23.3 Å². The molecule has 7 heteroatoms. The van der Waals surface area contributed by atoms with Crippen LogP contribution in [0, 0.1) is 0 Å². The summed E-state index contributed by atoms with van der Waals surface area (Å²) < 4.78 is 12.5. The number of oxazole rings is 1. The van der Waals surface area contributed by atoms with Gasteiger partial charge in [0.05, 0.1) is 18.2 Å². The predicted molar refractivity (Wildman–Crippen MR) is 90.1 cm³/mol. The second-order valence-corrected chi connectivity index (χ2v) is 5.82. The van der Waals surface area contributed by atoms with E-state index in [0.29, 0.717) is 28.1 Å². The van der Waals surface area contributed by atoms with Crippen molar-refractivity contribution >= 4 is 38.6 Å². The lowest BCUT2D eigenvalue weighted by Crippen LogP contribution is -2.13. The molecule has 0 unspecified atom stereocenters. The Bertz CT molecular complexity index is 958. The van der Waals surface area contributed by atoms with Gasteiger partial charge in [0.15, 0.2) is 5.58 Å². The van der Waals surface area contributed by atoms with Crippen LogP contribution in [0.3, 0.4) is 0 Å². The van der Waals surface area contributed by atoms with Crippen LogP contribution < -0.4 is 15.8 Å². The molecule has 23 heavy (non-hydrogen) atoms. The molecule has 0 bridgehead atoms. The van der Waals surface area contributed by atoms with Gasteiger partial charge in [0.2, 0.25) is 0 Å². The molecule has 0 aliphatic carbocycles. The second-order valence-electron chi connectivity index (χ2n) is 4.91. The fraction of sp³-hybridized carbons (Fsp3) is 0.125. The van der Waals surface area contributed by atoms with E-state index in [1.165, 1.54) is 11.7 Å². The number of hydrogen-bond donors (Lipinski definition) is 1. The Hall–Kier alpha value is -2.54. The van der Waals surface area contributed by atoms with Gasteiger partial charge in [-0.3, -0.25) is 9.36 Å². The zero-order valence-electron chi connectivity index (χ0n) is 12.4. The van der Waals surface area contributed by atoms with Crippen molar-refractivity contribution < 1.29 is 13.9 Å². The molecule has 2 aromatic carbocycles. The van der Waals surface area contributed by atoms with Gasteiger partial charge in [-0.2, -0.15) is 0 Å². The van der Waals surface area contributed by atoms with E-state index >= 15 is 0 Å². The summed E-state index contributed by atoms with van der Waals surface area (Å²) in [6, 6.07) is 10.2. The molecule has 6 nitrogen and oxygen atoms in total. The molecule has 3 aromatic rings. The zero-order valence-corrected chi connectivity index (χ0v) is 14.0. The number of aryl methyl sites for hydroxylation is 1. The van der Waals surface area contributed by atoms with Gasteiger partial charge >= 0.3 is 5.76 Å². The van der Waals surface area contributed by atoms with Crippen molar-refractivity contribution in [3.05, 3.63) is 57.0 Å². The number of carbonyl (C=O) groups excluding carboxylic acids is 1. The van der Waals surface area contributed by atoms with Crippen molar-refractivity contribution in [1.82, 2.24) is 4.57 Å². The number of hydrogen-bond acceptors (Lipinski definition) is 4. The maximum absolute atomic E-state index is 12.4. The van der Waals surface area contributed by atoms with Gasteiger partial charge in [-0.25, -0.2) is 4.79 Å². The lowest BCUT2D eigenvalue weighted by molar-refractivity contribution is 0.102. The van der Waals surface area contributed by atoms with E-state index in [4.69, 9.17) is 9.15 Å². The summed E-state index contributed by atoms with van der Waals surface area (Å²) in [6.45, 7) is 0. The molecule has 1 N–H and O–H groups in total. The number of anilines is 1. The largest absolute Gasteiger partial charge is 0.496 e. The zero-order chi connectivity index (χ0) is 16.6. The van der Waals surface area contributed by atoms with Crippen LogP contribution in [-0.2, 0) is 7.05 Å². The molecule has 0 radical (unpaired) electrons. The Balaban J connectivity index is 1.94. The summed E-state index contributed by atoms with van der Waals surface area (Å²) in [7, 11) is 3.13. The molecule has 1 amide bonds. The maximum atomic E-state index is 12.4. The second kappa shape index (κ2) is 5.92. The van der Waals surface area contributed by atoms with E-state index in [1.807, 2.05) is 0 Å². The molecule has 1 heterocycles. The Morgan fingerprint density at radius 1 is 1.26 bits per heavy atom. The van der Waals surface area contributed by atoms with Gasteiger partial charge in [0.1, 0.15) is 5.75 Å². The standard InChI is InChI=1S/C16H13BrN2O4/c1-19-12-5-4-10(8-14(12)23-16(19)21)18-15(20)11-7-9(17)3-6-13(11)22-2/h3-8H,1-2H3,(H,18,20). The summed E-state index contributed by atoms with van der Waals surface area (Å²) in [4.78, 5) is 23.9. The van der Waals surface area contributed by atoms with Crippen molar-refractivity contribution in [2.75, 3.05) is 12.4 Å². The first-order chi connectivity index (χ1) is 11.0. The van der Waals surface area contributed by atoms with Crippen LogP contribution in [0.4, 0.5) is 5.69 Å². The Labute approximate surface area is 139 Å². The highest BCUT2D eigenvalue weighted by Gasteiger charge is 2.14. The number of benzene rings is 2. The lowest BCUT2D eigenvalue weighted by atomic mass is 10.2. The third-order valence-electron chi connectivity index (χ3n) is 3.46. The number of methoxy groups -OCH3 is 1. The molecule has 0 aliphatic rings. The average molecular weight is 377 g/mol. The number of halogens is 1. The van der Waals surface area contributed by atoms with E-state index < -0.39 is 5.76 Å². The first kappa shape index (κ1) is 15.4. The van der Waals surface area contributed by atoms with Crippen LogP contribution in [0.1, 0.15) is 10.4 Å². The molecule has 0 fully saturated rings. The summed E-state index contributed by atoms with van der Waals surface area (Å²) in [5.74, 6) is -0.295. The molecular formula is C16H13BrN2O4. The molecule has 0 atom stereocenters. The van der Waals surface area contributed by atoms with E-state index in [2.05, 4.69) is 21.2 Å². The minimum atomic E-state index is -0.447. The third-order valence-corrected chi connectivity index (χ3v) is 3.95. The topological polar surface area (TPSA) is 73.5 Å². The van der Waals surface area contributed by atoms with Crippen LogP contribution in [0.2, 0.25) is 0 Å². The average Bonchev–Trinajstić information content (AvgIpc) is 2.81. The number of ether oxygens (including phenoxy) is 1. The number of carbonyl (C=O) groups is 1. The summed E-state index contributed by atoms with van der Waals surface area (Å²) >= 11 is 3.33. The summed E-state index contributed by atoms with van der Waals surface area (Å²) in [5.41, 5.74) is 2.00. The number of nitrogens with zero attached hydrogens (tertiary/aromatic N) is 1. The van der Waals surface area contributed by atoms with Gasteiger partial charge in [-0.1, -0.05) is 15.9 Å². The van der Waals surface area contributed by atoms with Gasteiger partial charge in [0.25, 0.3) is 5.91 Å². The predicted octanol–water partition coefficient (Wildman–Crippen LogP) is 3.15. The first-order valence-corrected chi connectivity index (χ1v) is 7.53. The highest BCUT2D eigenvalue weighted by molar-refractivity contribution is 9.10. The third kappa shape index (κ3) is 2.87. The Kier molecular flexibility index (Phi) is 3.96. The highest BCUT2D eigenvalue weighted by Crippen LogP contribution is 2.25. The normalized spacial score (nSPS) is 10.7. The fourth-order valence-electron chi connectivity index (χ4n) is 2.27. The molecule has 0 spiro atoms. The van der Waals surface area contributed by atoms with Crippen LogP contribution in [-0.4, -0.2) is 17.6 Å². The van der Waals surface area contributed by atoms with Gasteiger partial charge in [-0.05, 0) is 30.3 Å². The van der Waals surface area contributed by atoms with Crippen molar-refractivity contribution in [3.8, 4) is 5.75 Å². The summed E-state index contributed by atoms with van der Waals surface area (Å²) in [6.07, 6.45) is 0. The molecule has 0 saturated carbocycles. The van der Waals surface area contributed by atoms with Crippen LogP contribution in [0.25, 0.3) is 11.1 Å². The Morgan fingerprint density at radius 3 is 2.78 bits per heavy atom. The minimum absolute atomic E-state index is 0.319. The fourth-order valence-corrected chi connectivity index (χ4v) is 2.63. The summed E-state index contributed by atoms with van der Waals surface area (Å²) in [5, 5.41) is 2.77. The van der Waals surface area contributed by atoms with Crippen molar-refractivity contribution in [2.24, 2.45) is 7.05 Å². The maximum Gasteiger partial charge on any atom is 0.419 e. The quantitative estimate of drug-likeness (QED) is 0.761. The monoisotopic (exact) mass is 376 g/mol. The number of aromatic nitrogens is 1. The van der Waals surface area contributed by atoms with E-state index in [0.717, 1.165) is 4.47 Å². The number of fused-ring (bicyclic) bond motifs is 1. The molecule has 1 aromatic heterocycles. The minimum Gasteiger partial charge on any atom is -0.496 e. The van der Waals surface area contributed by atoms with Gasteiger partial charge in [-0.15, -0.1) is 0 Å². The number of nitrogens with one attached hydrogen (secondary N) is 1. The van der Waals surface area contributed by atoms with Crippen LogP contribution in [0.5, 0.6) is 5.75 Å². The Morgan fingerprint density at radius 2 is 2.04 bits per heavy atom. The molecule has 0 aliphatic heterocycles. The van der Waals surface area contributed by atoms with E-state index in [1.54, 1.807) is 43.4 Å². The smallest absolute Gasteiger partial charge is 0.419 e. The number of amides is 1. The van der Waals surface area contributed by atoms with Crippen molar-refractivity contribution in [1.29, 1.82) is 0 Å². The van der Waals surface area contributed by atoms with Crippen molar-refractivity contribution in [3.63, 3.8) is 0 Å². The molecule has 0 saturated heterocycles. The molecule has 3 rings (SSSR count). The van der Waals surface area contributed by atoms with Crippen LogP contribution >= 0.6 is 15.9 Å². The van der Waals surface area contributed by atoms with Crippen molar-refractivity contribution in [2.45, 2.75) is 0 Å². The first-order valence-electron chi connectivity index (χ1n) is 6.74. The molecular weight excluding hydrogens is 364 g/mol. The lowest BCUT2D eigenvalue weighted by Gasteiger charge is -2.09.